The van der Waals surface area contributed by atoms with E-state index in [2.05, 4.69) is 10.6 Å². The average Bonchev–Trinajstić information content (AvgIpc) is 3.23. The number of amides is 1. The first-order valence-electron chi connectivity index (χ1n) is 9.73. The van der Waals surface area contributed by atoms with Crippen molar-refractivity contribution >= 4 is 23.2 Å². The summed E-state index contributed by atoms with van der Waals surface area (Å²) >= 11 is 6.41. The summed E-state index contributed by atoms with van der Waals surface area (Å²) < 4.78 is 16.7. The first kappa shape index (κ1) is 21.4. The lowest BCUT2D eigenvalue weighted by Crippen LogP contribution is -2.26. The smallest absolute Gasteiger partial charge is 0.262 e. The molecule has 1 amide bonds. The summed E-state index contributed by atoms with van der Waals surface area (Å²) in [5.74, 6) is 0.709. The van der Waals surface area contributed by atoms with E-state index in [0.29, 0.717) is 23.1 Å². The number of aryl methyl sites for hydroxylation is 1. The van der Waals surface area contributed by atoms with Gasteiger partial charge in [-0.05, 0) is 43.5 Å². The maximum atomic E-state index is 12.2. The number of methoxy groups -OCH3 is 1. The van der Waals surface area contributed by atoms with Gasteiger partial charge in [0, 0.05) is 36.5 Å². The SMILES string of the molecule is COc1cc(CNCC2CCCO2)c(Cl)cc1OCC(=O)Nc1ccc(C)cc1. The third kappa shape index (κ3) is 6.35. The van der Waals surface area contributed by atoms with E-state index in [1.165, 1.54) is 0 Å². The molecular formula is C22H27ClN2O4. The number of carbonyl (C=O) groups excluding carboxylic acids is 1. The summed E-state index contributed by atoms with van der Waals surface area (Å²) in [6, 6.07) is 11.1. The van der Waals surface area contributed by atoms with E-state index >= 15 is 0 Å². The van der Waals surface area contributed by atoms with Crippen LogP contribution in [0.1, 0.15) is 24.0 Å². The molecule has 3 rings (SSSR count). The lowest BCUT2D eigenvalue weighted by atomic mass is 10.2. The lowest BCUT2D eigenvalue weighted by Gasteiger charge is -2.15. The van der Waals surface area contributed by atoms with Crippen LogP contribution in [0.4, 0.5) is 5.69 Å². The van der Waals surface area contributed by atoms with Gasteiger partial charge >= 0.3 is 0 Å². The molecule has 7 heteroatoms. The topological polar surface area (TPSA) is 68.8 Å². The number of benzene rings is 2. The Bertz CT molecular complexity index is 820. The highest BCUT2D eigenvalue weighted by molar-refractivity contribution is 6.31. The third-order valence-corrected chi connectivity index (χ3v) is 5.09. The Kier molecular flexibility index (Phi) is 7.75. The van der Waals surface area contributed by atoms with Crippen LogP contribution in [-0.2, 0) is 16.1 Å². The standard InChI is InChI=1S/C22H27ClN2O4/c1-15-5-7-17(8-6-15)25-22(26)14-29-21-11-19(23)16(10-20(21)27-2)12-24-13-18-4-3-9-28-18/h5-8,10-11,18,24H,3-4,9,12-14H2,1-2H3,(H,25,26). The lowest BCUT2D eigenvalue weighted by molar-refractivity contribution is -0.118. The largest absolute Gasteiger partial charge is 0.493 e. The minimum atomic E-state index is -0.255. The predicted molar refractivity (Wildman–Crippen MR) is 114 cm³/mol. The van der Waals surface area contributed by atoms with Crippen LogP contribution >= 0.6 is 11.6 Å². The molecule has 0 aliphatic carbocycles. The molecule has 0 spiro atoms. The summed E-state index contributed by atoms with van der Waals surface area (Å²) in [5, 5.41) is 6.72. The third-order valence-electron chi connectivity index (χ3n) is 4.74. The van der Waals surface area contributed by atoms with Gasteiger partial charge in [-0.2, -0.15) is 0 Å². The second-order valence-electron chi connectivity index (χ2n) is 7.06. The minimum Gasteiger partial charge on any atom is -0.493 e. The van der Waals surface area contributed by atoms with Gasteiger partial charge in [0.2, 0.25) is 0 Å². The van der Waals surface area contributed by atoms with Crippen LogP contribution in [-0.4, -0.2) is 38.9 Å². The number of anilines is 1. The number of halogens is 1. The Morgan fingerprint density at radius 3 is 2.72 bits per heavy atom. The van der Waals surface area contributed by atoms with E-state index in [9.17, 15) is 4.79 Å². The van der Waals surface area contributed by atoms with E-state index in [4.69, 9.17) is 25.8 Å². The molecule has 156 valence electrons. The molecule has 0 radical (unpaired) electrons. The van der Waals surface area contributed by atoms with Gasteiger partial charge in [-0.15, -0.1) is 0 Å². The Morgan fingerprint density at radius 1 is 1.24 bits per heavy atom. The maximum Gasteiger partial charge on any atom is 0.262 e. The van der Waals surface area contributed by atoms with Crippen molar-refractivity contribution in [2.75, 3.05) is 32.2 Å². The molecule has 2 aromatic rings. The number of rotatable bonds is 9. The molecule has 0 aromatic heterocycles. The molecule has 1 saturated heterocycles. The normalized spacial score (nSPS) is 15.9. The van der Waals surface area contributed by atoms with Gasteiger partial charge in [0.25, 0.3) is 5.91 Å². The van der Waals surface area contributed by atoms with Crippen LogP contribution in [0.15, 0.2) is 36.4 Å². The van der Waals surface area contributed by atoms with Crippen molar-refractivity contribution in [3.05, 3.63) is 52.5 Å². The van der Waals surface area contributed by atoms with Gasteiger partial charge in [-0.3, -0.25) is 4.79 Å². The van der Waals surface area contributed by atoms with Crippen LogP contribution in [0.5, 0.6) is 11.5 Å². The molecule has 1 unspecified atom stereocenters. The summed E-state index contributed by atoms with van der Waals surface area (Å²) in [7, 11) is 1.56. The Balaban J connectivity index is 1.54. The molecule has 29 heavy (non-hydrogen) atoms. The number of hydrogen-bond acceptors (Lipinski definition) is 5. The van der Waals surface area contributed by atoms with Gasteiger partial charge in [0.1, 0.15) is 0 Å². The Hall–Kier alpha value is -2.28. The zero-order valence-corrected chi connectivity index (χ0v) is 17.6. The van der Waals surface area contributed by atoms with Crippen LogP contribution in [0.25, 0.3) is 0 Å². The molecule has 0 saturated carbocycles. The second kappa shape index (κ2) is 10.5. The maximum absolute atomic E-state index is 12.2. The van der Waals surface area contributed by atoms with Gasteiger partial charge in [-0.1, -0.05) is 29.3 Å². The number of nitrogens with one attached hydrogen (secondary N) is 2. The fraction of sp³-hybridized carbons (Fsp3) is 0.409. The molecule has 1 atom stereocenters. The zero-order chi connectivity index (χ0) is 20.6. The minimum absolute atomic E-state index is 0.142. The molecule has 1 heterocycles. The molecule has 2 aromatic carbocycles. The van der Waals surface area contributed by atoms with Crippen LogP contribution in [0.3, 0.4) is 0 Å². The van der Waals surface area contributed by atoms with Gasteiger partial charge in [0.15, 0.2) is 18.1 Å². The summed E-state index contributed by atoms with van der Waals surface area (Å²) in [6.45, 7) is 4.08. The molecule has 0 bridgehead atoms. The van der Waals surface area contributed by atoms with Crippen molar-refractivity contribution in [3.8, 4) is 11.5 Å². The summed E-state index contributed by atoms with van der Waals surface area (Å²) in [5.41, 5.74) is 2.75. The quantitative estimate of drug-likeness (QED) is 0.645. The molecule has 2 N–H and O–H groups in total. The van der Waals surface area contributed by atoms with Gasteiger partial charge in [0.05, 0.1) is 13.2 Å². The first-order chi connectivity index (χ1) is 14.0. The van der Waals surface area contributed by atoms with Crippen molar-refractivity contribution in [1.82, 2.24) is 5.32 Å². The summed E-state index contributed by atoms with van der Waals surface area (Å²) in [4.78, 5) is 12.2. The van der Waals surface area contributed by atoms with Crippen molar-refractivity contribution in [2.45, 2.75) is 32.4 Å². The molecule has 6 nitrogen and oxygen atoms in total. The second-order valence-corrected chi connectivity index (χ2v) is 7.47. The number of hydrogen-bond donors (Lipinski definition) is 2. The van der Waals surface area contributed by atoms with E-state index in [1.54, 1.807) is 13.2 Å². The molecule has 1 fully saturated rings. The molecule has 1 aliphatic rings. The fourth-order valence-corrected chi connectivity index (χ4v) is 3.36. The van der Waals surface area contributed by atoms with Crippen molar-refractivity contribution < 1.29 is 19.0 Å². The van der Waals surface area contributed by atoms with Crippen molar-refractivity contribution in [2.24, 2.45) is 0 Å². The van der Waals surface area contributed by atoms with Crippen LogP contribution < -0.4 is 20.1 Å². The van der Waals surface area contributed by atoms with E-state index in [-0.39, 0.29) is 18.6 Å². The van der Waals surface area contributed by atoms with Gasteiger partial charge in [-0.25, -0.2) is 0 Å². The Labute approximate surface area is 176 Å². The monoisotopic (exact) mass is 418 g/mol. The number of ether oxygens (including phenoxy) is 3. The first-order valence-corrected chi connectivity index (χ1v) is 10.1. The van der Waals surface area contributed by atoms with Crippen LogP contribution in [0, 0.1) is 6.92 Å². The number of carbonyl (C=O) groups is 1. The molecule has 1 aliphatic heterocycles. The van der Waals surface area contributed by atoms with E-state index < -0.39 is 0 Å². The highest BCUT2D eigenvalue weighted by Crippen LogP contribution is 2.33. The average molecular weight is 419 g/mol. The van der Waals surface area contributed by atoms with E-state index in [1.807, 2.05) is 37.3 Å². The highest BCUT2D eigenvalue weighted by atomic mass is 35.5. The fourth-order valence-electron chi connectivity index (χ4n) is 3.14. The van der Waals surface area contributed by atoms with Crippen molar-refractivity contribution in [3.63, 3.8) is 0 Å². The predicted octanol–water partition coefficient (Wildman–Crippen LogP) is 3.94. The highest BCUT2D eigenvalue weighted by Gasteiger charge is 2.16. The van der Waals surface area contributed by atoms with Gasteiger partial charge < -0.3 is 24.8 Å². The van der Waals surface area contributed by atoms with E-state index in [0.717, 1.165) is 42.8 Å². The summed E-state index contributed by atoms with van der Waals surface area (Å²) in [6.07, 6.45) is 2.47. The Morgan fingerprint density at radius 2 is 2.03 bits per heavy atom. The van der Waals surface area contributed by atoms with Crippen LogP contribution in [0.2, 0.25) is 5.02 Å². The van der Waals surface area contributed by atoms with Crippen molar-refractivity contribution in [1.29, 1.82) is 0 Å². The molecular weight excluding hydrogens is 392 g/mol. The zero-order valence-electron chi connectivity index (χ0n) is 16.8.